The van der Waals surface area contributed by atoms with Crippen molar-refractivity contribution < 1.29 is 23.1 Å². The van der Waals surface area contributed by atoms with Gasteiger partial charge in [0, 0.05) is 16.7 Å². The van der Waals surface area contributed by atoms with Crippen LogP contribution in [-0.2, 0) is 11.0 Å². The van der Waals surface area contributed by atoms with Crippen molar-refractivity contribution in [3.8, 4) is 5.82 Å². The highest BCUT2D eigenvalue weighted by Crippen LogP contribution is 2.32. The molecule has 0 unspecified atom stereocenters. The van der Waals surface area contributed by atoms with Crippen LogP contribution in [0.25, 0.3) is 5.82 Å². The summed E-state index contributed by atoms with van der Waals surface area (Å²) < 4.78 is 39.8. The molecule has 0 aromatic carbocycles. The SMILES string of the molecule is O=C(O)CSc1cc(C(F)(F)F)nn1-c1ccc(Br)cn1. The van der Waals surface area contributed by atoms with Crippen LogP contribution in [0.4, 0.5) is 13.2 Å². The van der Waals surface area contributed by atoms with Gasteiger partial charge >= 0.3 is 12.1 Å². The summed E-state index contributed by atoms with van der Waals surface area (Å²) in [6.45, 7) is 0. The minimum Gasteiger partial charge on any atom is -0.481 e. The molecule has 112 valence electrons. The normalized spacial score (nSPS) is 11.6. The van der Waals surface area contributed by atoms with Crippen molar-refractivity contribution in [3.05, 3.63) is 34.6 Å². The van der Waals surface area contributed by atoms with Crippen molar-refractivity contribution >= 4 is 33.7 Å². The van der Waals surface area contributed by atoms with E-state index in [-0.39, 0.29) is 16.6 Å². The van der Waals surface area contributed by atoms with Crippen LogP contribution in [0.5, 0.6) is 0 Å². The summed E-state index contributed by atoms with van der Waals surface area (Å²) in [6.07, 6.45) is -3.20. The van der Waals surface area contributed by atoms with Crippen LogP contribution in [-0.4, -0.2) is 31.6 Å². The average Bonchev–Trinajstić information content (AvgIpc) is 2.81. The smallest absolute Gasteiger partial charge is 0.435 e. The number of carboxylic acids is 1. The summed E-state index contributed by atoms with van der Waals surface area (Å²) in [5, 5.41) is 12.2. The molecule has 0 fully saturated rings. The molecule has 2 rings (SSSR count). The van der Waals surface area contributed by atoms with Crippen LogP contribution in [0.1, 0.15) is 5.69 Å². The van der Waals surface area contributed by atoms with Gasteiger partial charge in [-0.25, -0.2) is 9.67 Å². The Kier molecular flexibility index (Phi) is 4.57. The summed E-state index contributed by atoms with van der Waals surface area (Å²) in [5.41, 5.74) is -1.10. The second kappa shape index (κ2) is 6.06. The van der Waals surface area contributed by atoms with Gasteiger partial charge in [0.25, 0.3) is 0 Å². The van der Waals surface area contributed by atoms with Gasteiger partial charge in [-0.15, -0.1) is 0 Å². The predicted molar refractivity (Wildman–Crippen MR) is 72.4 cm³/mol. The van der Waals surface area contributed by atoms with E-state index in [0.29, 0.717) is 4.47 Å². The average molecular weight is 382 g/mol. The number of hydrogen-bond donors (Lipinski definition) is 1. The lowest BCUT2D eigenvalue weighted by Crippen LogP contribution is -2.08. The number of pyridine rings is 1. The van der Waals surface area contributed by atoms with Crippen molar-refractivity contribution in [1.29, 1.82) is 0 Å². The highest BCUT2D eigenvalue weighted by Gasteiger charge is 2.35. The molecule has 2 heterocycles. The van der Waals surface area contributed by atoms with Gasteiger partial charge in [0.15, 0.2) is 11.5 Å². The monoisotopic (exact) mass is 381 g/mol. The van der Waals surface area contributed by atoms with E-state index < -0.39 is 17.8 Å². The molecule has 2 aromatic heterocycles. The predicted octanol–water partition coefficient (Wildman–Crippen LogP) is 3.23. The van der Waals surface area contributed by atoms with Crippen LogP contribution in [0.3, 0.4) is 0 Å². The highest BCUT2D eigenvalue weighted by molar-refractivity contribution is 9.10. The Morgan fingerprint density at radius 3 is 2.67 bits per heavy atom. The van der Waals surface area contributed by atoms with Crippen LogP contribution in [0.2, 0.25) is 0 Å². The Morgan fingerprint density at radius 1 is 1.43 bits per heavy atom. The lowest BCUT2D eigenvalue weighted by Gasteiger charge is -2.05. The number of aliphatic carboxylic acids is 1. The number of halogens is 4. The minimum atomic E-state index is -4.61. The second-order valence-corrected chi connectivity index (χ2v) is 5.71. The Morgan fingerprint density at radius 2 is 2.14 bits per heavy atom. The Balaban J connectivity index is 2.43. The van der Waals surface area contributed by atoms with E-state index >= 15 is 0 Å². The first kappa shape index (κ1) is 15.8. The fourth-order valence-electron chi connectivity index (χ4n) is 1.40. The fraction of sp³-hybridized carbons (Fsp3) is 0.182. The second-order valence-electron chi connectivity index (χ2n) is 3.79. The lowest BCUT2D eigenvalue weighted by molar-refractivity contribution is -0.141. The largest absolute Gasteiger partial charge is 0.481 e. The van der Waals surface area contributed by atoms with Gasteiger partial charge in [0.05, 0.1) is 5.75 Å². The van der Waals surface area contributed by atoms with E-state index in [1.807, 2.05) is 0 Å². The molecule has 0 bridgehead atoms. The number of alkyl halides is 3. The van der Waals surface area contributed by atoms with Gasteiger partial charge in [-0.2, -0.15) is 18.3 Å². The fourth-order valence-corrected chi connectivity index (χ4v) is 2.36. The van der Waals surface area contributed by atoms with Crippen molar-refractivity contribution in [2.45, 2.75) is 11.2 Å². The first-order chi connectivity index (χ1) is 9.77. The van der Waals surface area contributed by atoms with Crippen molar-refractivity contribution in [1.82, 2.24) is 14.8 Å². The number of carboxylic acid groups (broad SMARTS) is 1. The van der Waals surface area contributed by atoms with Crippen LogP contribution in [0.15, 0.2) is 33.9 Å². The first-order valence-corrected chi connectivity index (χ1v) is 7.19. The van der Waals surface area contributed by atoms with Crippen LogP contribution < -0.4 is 0 Å². The van der Waals surface area contributed by atoms with Crippen molar-refractivity contribution in [2.24, 2.45) is 0 Å². The third kappa shape index (κ3) is 3.97. The van der Waals surface area contributed by atoms with E-state index in [1.54, 1.807) is 6.07 Å². The van der Waals surface area contributed by atoms with E-state index in [0.717, 1.165) is 22.5 Å². The summed E-state index contributed by atoms with van der Waals surface area (Å²) in [7, 11) is 0. The first-order valence-electron chi connectivity index (χ1n) is 5.41. The summed E-state index contributed by atoms with van der Waals surface area (Å²) >= 11 is 3.91. The zero-order valence-corrected chi connectivity index (χ0v) is 12.5. The minimum absolute atomic E-state index is 0.0551. The lowest BCUT2D eigenvalue weighted by atomic mass is 10.4. The maximum Gasteiger partial charge on any atom is 0.435 e. The van der Waals surface area contributed by atoms with Gasteiger partial charge < -0.3 is 5.11 Å². The van der Waals surface area contributed by atoms with Gasteiger partial charge in [0.2, 0.25) is 0 Å². The molecule has 0 saturated heterocycles. The number of thioether (sulfide) groups is 1. The van der Waals surface area contributed by atoms with E-state index in [4.69, 9.17) is 5.11 Å². The number of rotatable bonds is 4. The third-order valence-electron chi connectivity index (χ3n) is 2.24. The van der Waals surface area contributed by atoms with Crippen molar-refractivity contribution in [2.75, 3.05) is 5.75 Å². The molecular weight excluding hydrogens is 375 g/mol. The molecule has 21 heavy (non-hydrogen) atoms. The molecule has 2 aromatic rings. The molecule has 0 saturated carbocycles. The number of hydrogen-bond acceptors (Lipinski definition) is 4. The summed E-state index contributed by atoms with van der Waals surface area (Å²) in [6, 6.07) is 3.88. The van der Waals surface area contributed by atoms with Gasteiger partial charge in [-0.05, 0) is 28.1 Å². The van der Waals surface area contributed by atoms with Crippen LogP contribution >= 0.6 is 27.7 Å². The maximum absolute atomic E-state index is 12.7. The third-order valence-corrected chi connectivity index (χ3v) is 3.69. The molecule has 0 spiro atoms. The summed E-state index contributed by atoms with van der Waals surface area (Å²) in [5.74, 6) is -1.34. The molecule has 0 amide bonds. The Hall–Kier alpha value is -1.55. The van der Waals surface area contributed by atoms with E-state index in [2.05, 4.69) is 26.0 Å². The molecule has 5 nitrogen and oxygen atoms in total. The number of nitrogens with zero attached hydrogens (tertiary/aromatic N) is 3. The molecule has 10 heteroatoms. The highest BCUT2D eigenvalue weighted by atomic mass is 79.9. The molecule has 0 aliphatic carbocycles. The molecular formula is C11H7BrF3N3O2S. The van der Waals surface area contributed by atoms with Gasteiger partial charge in [0.1, 0.15) is 5.03 Å². The van der Waals surface area contributed by atoms with Crippen molar-refractivity contribution in [3.63, 3.8) is 0 Å². The quantitative estimate of drug-likeness (QED) is 0.823. The number of carbonyl (C=O) groups is 1. The molecule has 1 N–H and O–H groups in total. The van der Waals surface area contributed by atoms with Crippen LogP contribution in [0, 0.1) is 0 Å². The van der Waals surface area contributed by atoms with E-state index in [9.17, 15) is 18.0 Å². The molecule has 0 aliphatic heterocycles. The molecule has 0 aliphatic rings. The van der Waals surface area contributed by atoms with Gasteiger partial charge in [-0.3, -0.25) is 4.79 Å². The maximum atomic E-state index is 12.7. The number of aromatic nitrogens is 3. The van der Waals surface area contributed by atoms with E-state index in [1.165, 1.54) is 12.3 Å². The Labute approximate surface area is 129 Å². The Bertz CT molecular complexity index is 658. The molecule has 0 radical (unpaired) electrons. The summed E-state index contributed by atoms with van der Waals surface area (Å²) in [4.78, 5) is 14.5. The zero-order chi connectivity index (χ0) is 15.6. The molecule has 0 atom stereocenters. The topological polar surface area (TPSA) is 68.0 Å². The van der Waals surface area contributed by atoms with Gasteiger partial charge in [-0.1, -0.05) is 11.8 Å². The zero-order valence-electron chi connectivity index (χ0n) is 10.1. The standard InChI is InChI=1S/C11H7BrF3N3O2S/c12-6-1-2-8(16-4-6)18-9(21-5-10(19)20)3-7(17-18)11(13,14)15/h1-4H,5H2,(H,19,20).